The third-order valence-electron chi connectivity index (χ3n) is 6.88. The van der Waals surface area contributed by atoms with Crippen LogP contribution in [0.4, 0.5) is 5.69 Å². The number of nitrogens with zero attached hydrogens (tertiary/aromatic N) is 2. The first-order valence-corrected chi connectivity index (χ1v) is 15.4. The number of hydrogen-bond donors (Lipinski definition) is 1. The van der Waals surface area contributed by atoms with E-state index in [4.69, 9.17) is 32.8 Å². The van der Waals surface area contributed by atoms with Gasteiger partial charge in [0.2, 0.25) is 0 Å². The predicted octanol–water partition coefficient (Wildman–Crippen LogP) is 6.72. The van der Waals surface area contributed by atoms with Crippen molar-refractivity contribution in [2.75, 3.05) is 29.6 Å². The Morgan fingerprint density at radius 1 is 1.26 bits per heavy atom. The molecule has 3 aliphatic rings. The van der Waals surface area contributed by atoms with Gasteiger partial charge in [-0.05, 0) is 68.6 Å². The van der Waals surface area contributed by atoms with Crippen molar-refractivity contribution in [2.24, 2.45) is 17.0 Å². The third-order valence-corrected chi connectivity index (χ3v) is 8.50. The molecule has 2 aliphatic heterocycles. The van der Waals surface area contributed by atoms with E-state index in [1.165, 1.54) is 18.6 Å². The number of fused-ring (bicyclic) bond motifs is 1. The standard InChI is InChI=1S/C17H27NO3S.C11H11Cl2NO2/c1-3-6-14(18-21-4-2)17-15(19)9-13(10-16(17)20)12-7-5-8-22-11-12;1-7-6-16-9-5-3-2-4-8(9)14(7)11(15)10(12)13/h12-13,19H,3-11H2,1-2H3;2-5,7,10H,6H2,1H3/b18-14+;. The van der Waals surface area contributed by atoms with E-state index in [0.717, 1.165) is 17.9 Å². The van der Waals surface area contributed by atoms with Crippen molar-refractivity contribution in [3.05, 3.63) is 35.6 Å². The predicted molar refractivity (Wildman–Crippen MR) is 156 cm³/mol. The number of aliphatic hydroxyl groups excluding tert-OH is 1. The maximum Gasteiger partial charge on any atom is 0.260 e. The lowest BCUT2D eigenvalue weighted by Crippen LogP contribution is -2.47. The molecule has 0 aromatic heterocycles. The number of para-hydroxylation sites is 2. The van der Waals surface area contributed by atoms with Crippen LogP contribution in [0.15, 0.2) is 40.8 Å². The second kappa shape index (κ2) is 15.0. The molecule has 1 amide bonds. The zero-order chi connectivity index (χ0) is 27.7. The molecule has 1 aromatic carbocycles. The molecule has 1 aliphatic carbocycles. The molecule has 38 heavy (non-hydrogen) atoms. The number of Topliss-reactive ketones (excluding diaryl/α,β-unsaturated/α-hetero) is 1. The van der Waals surface area contributed by atoms with Crippen LogP contribution in [0.2, 0.25) is 0 Å². The molecule has 0 radical (unpaired) electrons. The Balaban J connectivity index is 0.000000221. The molecule has 3 unspecified atom stereocenters. The lowest BCUT2D eigenvalue weighted by molar-refractivity contribution is -0.118. The summed E-state index contributed by atoms with van der Waals surface area (Å²) in [5.74, 6) is 3.83. The number of oxime groups is 1. The summed E-state index contributed by atoms with van der Waals surface area (Å²) in [5, 5.41) is 14.5. The highest BCUT2D eigenvalue weighted by molar-refractivity contribution is 7.99. The van der Waals surface area contributed by atoms with Crippen LogP contribution in [-0.2, 0) is 14.4 Å². The molecule has 1 aromatic rings. The number of aliphatic hydroxyl groups is 1. The first-order chi connectivity index (χ1) is 18.3. The number of thioether (sulfide) groups is 1. The van der Waals surface area contributed by atoms with Crippen molar-refractivity contribution in [2.45, 2.75) is 70.2 Å². The minimum Gasteiger partial charge on any atom is -0.511 e. The topological polar surface area (TPSA) is 88.4 Å². The summed E-state index contributed by atoms with van der Waals surface area (Å²) in [6, 6.07) is 7.27. The normalized spacial score (nSPS) is 23.8. The Hall–Kier alpha value is -1.90. The number of anilines is 1. The average Bonchev–Trinajstić information content (AvgIpc) is 2.91. The molecular weight excluding hydrogens is 547 g/mol. The largest absolute Gasteiger partial charge is 0.511 e. The van der Waals surface area contributed by atoms with Gasteiger partial charge in [-0.3, -0.25) is 9.59 Å². The fourth-order valence-corrected chi connectivity index (χ4v) is 6.55. The summed E-state index contributed by atoms with van der Waals surface area (Å²) in [5.41, 5.74) is 1.76. The van der Waals surface area contributed by atoms with E-state index in [2.05, 4.69) is 5.16 Å². The Morgan fingerprint density at radius 3 is 2.66 bits per heavy atom. The number of ether oxygens (including phenoxy) is 1. The van der Waals surface area contributed by atoms with Crippen molar-refractivity contribution in [3.63, 3.8) is 0 Å². The van der Waals surface area contributed by atoms with Gasteiger partial charge in [-0.2, -0.15) is 11.8 Å². The monoisotopic (exact) mass is 584 g/mol. The fraction of sp³-hybridized carbons (Fsp3) is 0.607. The molecule has 1 fully saturated rings. The quantitative estimate of drug-likeness (QED) is 0.217. The number of benzene rings is 1. The van der Waals surface area contributed by atoms with E-state index in [-0.39, 0.29) is 23.5 Å². The average molecular weight is 586 g/mol. The van der Waals surface area contributed by atoms with Gasteiger partial charge in [0.15, 0.2) is 10.6 Å². The van der Waals surface area contributed by atoms with Crippen LogP contribution in [0.3, 0.4) is 0 Å². The highest BCUT2D eigenvalue weighted by Gasteiger charge is 2.35. The van der Waals surface area contributed by atoms with Gasteiger partial charge >= 0.3 is 0 Å². The molecule has 210 valence electrons. The van der Waals surface area contributed by atoms with Crippen molar-refractivity contribution in [1.82, 2.24) is 0 Å². The van der Waals surface area contributed by atoms with E-state index >= 15 is 0 Å². The Morgan fingerprint density at radius 2 is 2.03 bits per heavy atom. The van der Waals surface area contributed by atoms with E-state index in [1.54, 1.807) is 4.90 Å². The number of allylic oxidation sites excluding steroid dienone is 2. The van der Waals surface area contributed by atoms with Crippen molar-refractivity contribution in [1.29, 1.82) is 0 Å². The summed E-state index contributed by atoms with van der Waals surface area (Å²) in [4.78, 5) is 30.1. The molecule has 4 rings (SSSR count). The molecule has 0 bridgehead atoms. The molecule has 0 spiro atoms. The van der Waals surface area contributed by atoms with Gasteiger partial charge in [-0.1, -0.05) is 53.8 Å². The first-order valence-electron chi connectivity index (χ1n) is 13.3. The number of alkyl halides is 2. The van der Waals surface area contributed by atoms with Gasteiger partial charge in [-0.15, -0.1) is 0 Å². The molecule has 7 nitrogen and oxygen atoms in total. The molecule has 10 heteroatoms. The van der Waals surface area contributed by atoms with Crippen molar-refractivity contribution in [3.8, 4) is 5.75 Å². The number of ketones is 1. The number of amides is 1. The number of rotatable bonds is 7. The van der Waals surface area contributed by atoms with E-state index in [1.807, 2.05) is 56.8 Å². The zero-order valence-corrected chi connectivity index (χ0v) is 24.7. The highest BCUT2D eigenvalue weighted by atomic mass is 35.5. The Labute approximate surface area is 239 Å². The number of halogens is 2. The maximum absolute atomic E-state index is 12.6. The van der Waals surface area contributed by atoms with Crippen molar-refractivity contribution >= 4 is 58.1 Å². The van der Waals surface area contributed by atoms with Crippen LogP contribution in [0.25, 0.3) is 0 Å². The molecule has 1 N–H and O–H groups in total. The SMILES string of the molecule is CC1COc2ccccc2N1C(=O)C(Cl)Cl.CCC/C(=N\OCC)C1=C(O)CC(C2CCCSC2)CC1=O. The smallest absolute Gasteiger partial charge is 0.260 e. The van der Waals surface area contributed by atoms with Gasteiger partial charge in [0.25, 0.3) is 5.91 Å². The lowest BCUT2D eigenvalue weighted by Gasteiger charge is -2.35. The van der Waals surface area contributed by atoms with Gasteiger partial charge in [-0.25, -0.2) is 0 Å². The van der Waals surface area contributed by atoms with Crippen LogP contribution < -0.4 is 9.64 Å². The van der Waals surface area contributed by atoms with E-state index in [9.17, 15) is 14.7 Å². The van der Waals surface area contributed by atoms with E-state index in [0.29, 0.717) is 61.3 Å². The van der Waals surface area contributed by atoms with Gasteiger partial charge < -0.3 is 19.6 Å². The summed E-state index contributed by atoms with van der Waals surface area (Å²) < 4.78 is 5.52. The maximum atomic E-state index is 12.6. The van der Waals surface area contributed by atoms with Crippen LogP contribution in [-0.4, -0.2) is 58.1 Å². The van der Waals surface area contributed by atoms with Gasteiger partial charge in [0.05, 0.1) is 23.0 Å². The highest BCUT2D eigenvalue weighted by Crippen LogP contribution is 2.38. The summed E-state index contributed by atoms with van der Waals surface area (Å²) in [6.07, 6.45) is 5.10. The molecule has 2 heterocycles. The van der Waals surface area contributed by atoms with Crippen LogP contribution in [0, 0.1) is 11.8 Å². The summed E-state index contributed by atoms with van der Waals surface area (Å²) in [6.45, 7) is 6.71. The van der Waals surface area contributed by atoms with Gasteiger partial charge in [0.1, 0.15) is 24.7 Å². The van der Waals surface area contributed by atoms with Crippen LogP contribution in [0.1, 0.15) is 59.3 Å². The molecule has 0 saturated carbocycles. The minimum atomic E-state index is -1.05. The second-order valence-electron chi connectivity index (χ2n) is 9.73. The Bertz CT molecular complexity index is 1030. The second-order valence-corrected chi connectivity index (χ2v) is 12.0. The summed E-state index contributed by atoms with van der Waals surface area (Å²) >= 11 is 13.2. The zero-order valence-electron chi connectivity index (χ0n) is 22.3. The number of carbonyl (C=O) groups excluding carboxylic acids is 2. The molecule has 3 atom stereocenters. The van der Waals surface area contributed by atoms with Crippen LogP contribution >= 0.6 is 35.0 Å². The van der Waals surface area contributed by atoms with Gasteiger partial charge in [0, 0.05) is 12.8 Å². The third kappa shape index (κ3) is 7.82. The molecule has 1 saturated heterocycles. The fourth-order valence-electron chi connectivity index (χ4n) is 5.06. The number of carbonyl (C=O) groups is 2. The Kier molecular flexibility index (Phi) is 12.1. The van der Waals surface area contributed by atoms with E-state index < -0.39 is 4.84 Å². The van der Waals surface area contributed by atoms with Crippen LogP contribution in [0.5, 0.6) is 5.75 Å². The summed E-state index contributed by atoms with van der Waals surface area (Å²) in [7, 11) is 0. The minimum absolute atomic E-state index is 0.0382. The van der Waals surface area contributed by atoms with Crippen molar-refractivity contribution < 1.29 is 24.3 Å². The number of hydrogen-bond acceptors (Lipinski definition) is 7. The first kappa shape index (κ1) is 30.6. The molecular formula is C28H38Cl2N2O5S. The lowest BCUT2D eigenvalue weighted by atomic mass is 9.76.